The molecule has 1 nitrogen and oxygen atoms in total. The third kappa shape index (κ3) is 1.89. The molecule has 2 fully saturated rings. The van der Waals surface area contributed by atoms with E-state index < -0.39 is 11.5 Å². The van der Waals surface area contributed by atoms with Crippen LogP contribution in [0.3, 0.4) is 0 Å². The van der Waals surface area contributed by atoms with Crippen molar-refractivity contribution in [2.75, 3.05) is 6.54 Å². The predicted molar refractivity (Wildman–Crippen MR) is 55.2 cm³/mol. The highest BCUT2D eigenvalue weighted by Gasteiger charge is 2.54. The van der Waals surface area contributed by atoms with Crippen LogP contribution >= 0.6 is 12.4 Å². The van der Waals surface area contributed by atoms with E-state index in [-0.39, 0.29) is 18.8 Å². The summed E-state index contributed by atoms with van der Waals surface area (Å²) >= 11 is 0. The summed E-state index contributed by atoms with van der Waals surface area (Å²) in [6.07, 6.45) is 5.08. The second-order valence-electron chi connectivity index (χ2n) is 4.38. The number of hydrogen-bond donors (Lipinski definition) is 1. The van der Waals surface area contributed by atoms with Gasteiger partial charge in [-0.05, 0) is 25.8 Å². The smallest absolute Gasteiger partial charge is 0.265 e. The Labute approximate surface area is 90.0 Å². The normalized spacial score (nSPS) is 29.6. The first-order valence-electron chi connectivity index (χ1n) is 5.29. The minimum atomic E-state index is -2.47. The molecule has 2 rings (SSSR count). The third-order valence-electron chi connectivity index (χ3n) is 3.54. The number of piperidine rings is 1. The van der Waals surface area contributed by atoms with Gasteiger partial charge in [0.05, 0.1) is 5.54 Å². The van der Waals surface area contributed by atoms with Crippen molar-refractivity contribution in [2.45, 2.75) is 56.4 Å². The standard InChI is InChI=1S/C10H17F2N.ClH/c11-10(12)7-4-8-13-9(10)5-2-1-3-6-9;/h13H,1-8H2;1H. The Kier molecular flexibility index (Phi) is 3.75. The first kappa shape index (κ1) is 12.2. The molecule has 0 atom stereocenters. The number of nitrogens with one attached hydrogen (secondary N) is 1. The van der Waals surface area contributed by atoms with Crippen LogP contribution < -0.4 is 5.32 Å². The Morgan fingerprint density at radius 1 is 0.857 bits per heavy atom. The van der Waals surface area contributed by atoms with Gasteiger partial charge in [-0.15, -0.1) is 12.4 Å². The van der Waals surface area contributed by atoms with Crippen molar-refractivity contribution in [3.63, 3.8) is 0 Å². The second kappa shape index (κ2) is 4.31. The molecule has 1 aliphatic carbocycles. The molecule has 0 amide bonds. The average molecular weight is 226 g/mol. The molecule has 1 aliphatic heterocycles. The topological polar surface area (TPSA) is 12.0 Å². The van der Waals surface area contributed by atoms with Crippen molar-refractivity contribution < 1.29 is 8.78 Å². The van der Waals surface area contributed by atoms with Crippen molar-refractivity contribution in [1.82, 2.24) is 5.32 Å². The molecule has 1 N–H and O–H groups in total. The minimum absolute atomic E-state index is 0. The fraction of sp³-hybridized carbons (Fsp3) is 1.00. The largest absolute Gasteiger partial charge is 0.306 e. The SMILES string of the molecule is Cl.FC1(F)CCCNC12CCCCC2. The third-order valence-corrected chi connectivity index (χ3v) is 3.54. The van der Waals surface area contributed by atoms with Crippen LogP contribution in [-0.2, 0) is 0 Å². The van der Waals surface area contributed by atoms with Crippen LogP contribution in [0.15, 0.2) is 0 Å². The fourth-order valence-electron chi connectivity index (χ4n) is 2.70. The molecule has 0 aromatic carbocycles. The summed E-state index contributed by atoms with van der Waals surface area (Å²) < 4.78 is 27.4. The van der Waals surface area contributed by atoms with Crippen LogP contribution in [0.4, 0.5) is 8.78 Å². The lowest BCUT2D eigenvalue weighted by atomic mass is 9.73. The van der Waals surface area contributed by atoms with Gasteiger partial charge in [0.15, 0.2) is 0 Å². The van der Waals surface area contributed by atoms with E-state index in [1.807, 2.05) is 0 Å². The van der Waals surface area contributed by atoms with Gasteiger partial charge >= 0.3 is 0 Å². The summed E-state index contributed by atoms with van der Waals surface area (Å²) in [4.78, 5) is 0. The van der Waals surface area contributed by atoms with Gasteiger partial charge in [0.25, 0.3) is 5.92 Å². The van der Waals surface area contributed by atoms with Crippen LogP contribution in [0.1, 0.15) is 44.9 Å². The number of alkyl halides is 2. The summed E-state index contributed by atoms with van der Waals surface area (Å²) in [6.45, 7) is 0.773. The second-order valence-corrected chi connectivity index (χ2v) is 4.38. The number of halogens is 3. The van der Waals surface area contributed by atoms with E-state index in [9.17, 15) is 8.78 Å². The lowest BCUT2D eigenvalue weighted by Crippen LogP contribution is -2.62. The molecule has 4 heteroatoms. The predicted octanol–water partition coefficient (Wildman–Crippen LogP) is 3.13. The van der Waals surface area contributed by atoms with Gasteiger partial charge < -0.3 is 5.32 Å². The molecule has 84 valence electrons. The molecule has 1 saturated heterocycles. The number of hydrogen-bond acceptors (Lipinski definition) is 1. The van der Waals surface area contributed by atoms with E-state index in [1.165, 1.54) is 0 Å². The van der Waals surface area contributed by atoms with Crippen LogP contribution in [-0.4, -0.2) is 18.0 Å². The lowest BCUT2D eigenvalue weighted by Gasteiger charge is -2.47. The monoisotopic (exact) mass is 225 g/mol. The Morgan fingerprint density at radius 3 is 2.07 bits per heavy atom. The molecule has 2 aliphatic rings. The van der Waals surface area contributed by atoms with Crippen LogP contribution in [0, 0.1) is 0 Å². The van der Waals surface area contributed by atoms with Crippen molar-refractivity contribution >= 4 is 12.4 Å². The summed E-state index contributed by atoms with van der Waals surface area (Å²) in [5, 5.41) is 3.07. The zero-order valence-electron chi connectivity index (χ0n) is 8.32. The molecular weight excluding hydrogens is 208 g/mol. The van der Waals surface area contributed by atoms with Crippen LogP contribution in [0.25, 0.3) is 0 Å². The van der Waals surface area contributed by atoms with E-state index in [0.717, 1.165) is 25.8 Å². The van der Waals surface area contributed by atoms with Gasteiger partial charge in [0, 0.05) is 6.42 Å². The average Bonchev–Trinajstić information content (AvgIpc) is 2.12. The van der Waals surface area contributed by atoms with Crippen molar-refractivity contribution in [1.29, 1.82) is 0 Å². The molecule has 1 saturated carbocycles. The highest BCUT2D eigenvalue weighted by atomic mass is 35.5. The Hall–Kier alpha value is 0.110. The molecule has 0 unspecified atom stereocenters. The number of rotatable bonds is 0. The molecular formula is C10H18ClF2N. The Bertz CT molecular complexity index is 182. The summed E-state index contributed by atoms with van der Waals surface area (Å²) in [5.41, 5.74) is -0.830. The molecule has 1 spiro atoms. The zero-order valence-corrected chi connectivity index (χ0v) is 9.14. The van der Waals surface area contributed by atoms with Gasteiger partial charge in [-0.2, -0.15) is 0 Å². The summed E-state index contributed by atoms with van der Waals surface area (Å²) in [5.74, 6) is -2.47. The summed E-state index contributed by atoms with van der Waals surface area (Å²) in [6, 6.07) is 0. The van der Waals surface area contributed by atoms with Crippen molar-refractivity contribution in [3.05, 3.63) is 0 Å². The quantitative estimate of drug-likeness (QED) is 0.668. The Balaban J connectivity index is 0.000000980. The van der Waals surface area contributed by atoms with Crippen LogP contribution in [0.2, 0.25) is 0 Å². The van der Waals surface area contributed by atoms with Gasteiger partial charge in [-0.3, -0.25) is 0 Å². The molecule has 0 radical (unpaired) electrons. The summed E-state index contributed by atoms with van der Waals surface area (Å²) in [7, 11) is 0. The van der Waals surface area contributed by atoms with Gasteiger partial charge in [0.1, 0.15) is 0 Å². The highest BCUT2D eigenvalue weighted by molar-refractivity contribution is 5.85. The maximum absolute atomic E-state index is 13.7. The highest BCUT2D eigenvalue weighted by Crippen LogP contribution is 2.44. The van der Waals surface area contributed by atoms with E-state index in [0.29, 0.717) is 19.3 Å². The molecule has 1 heterocycles. The molecule has 0 bridgehead atoms. The maximum Gasteiger partial charge on any atom is 0.265 e. The van der Waals surface area contributed by atoms with Gasteiger partial charge in [-0.1, -0.05) is 19.3 Å². The van der Waals surface area contributed by atoms with Crippen molar-refractivity contribution in [3.8, 4) is 0 Å². The van der Waals surface area contributed by atoms with Crippen LogP contribution in [0.5, 0.6) is 0 Å². The first-order chi connectivity index (χ1) is 6.16. The van der Waals surface area contributed by atoms with E-state index in [2.05, 4.69) is 5.32 Å². The zero-order chi connectivity index (χ0) is 9.36. The molecule has 14 heavy (non-hydrogen) atoms. The minimum Gasteiger partial charge on any atom is -0.306 e. The lowest BCUT2D eigenvalue weighted by molar-refractivity contribution is -0.126. The fourth-order valence-corrected chi connectivity index (χ4v) is 2.70. The van der Waals surface area contributed by atoms with Gasteiger partial charge in [0.2, 0.25) is 0 Å². The van der Waals surface area contributed by atoms with E-state index >= 15 is 0 Å². The van der Waals surface area contributed by atoms with Gasteiger partial charge in [-0.25, -0.2) is 8.78 Å². The molecule has 0 aromatic rings. The maximum atomic E-state index is 13.7. The van der Waals surface area contributed by atoms with Crippen molar-refractivity contribution in [2.24, 2.45) is 0 Å². The van der Waals surface area contributed by atoms with E-state index in [4.69, 9.17) is 0 Å². The Morgan fingerprint density at radius 2 is 1.50 bits per heavy atom. The molecule has 0 aromatic heterocycles. The van der Waals surface area contributed by atoms with E-state index in [1.54, 1.807) is 0 Å². The first-order valence-corrected chi connectivity index (χ1v) is 5.29.